The molecule has 0 aliphatic heterocycles. The molecule has 8 nitrogen and oxygen atoms in total. The molecule has 2 amide bonds. The molecule has 9 heteroatoms. The van der Waals surface area contributed by atoms with E-state index >= 15 is 0 Å². The number of likely N-dealkylation sites (N-methyl/N-ethyl adjacent to an activating group) is 1. The van der Waals surface area contributed by atoms with Crippen molar-refractivity contribution in [2.45, 2.75) is 0 Å². The van der Waals surface area contributed by atoms with Crippen LogP contribution in [0.5, 0.6) is 5.75 Å². The molecule has 0 saturated heterocycles. The van der Waals surface area contributed by atoms with Gasteiger partial charge in [0.1, 0.15) is 10.8 Å². The maximum atomic E-state index is 12.4. The highest BCUT2D eigenvalue weighted by Gasteiger charge is 2.20. The standard InChI is InChI=1S/C17H16ClN3O5/c1-20(10-16(22)19-12-4-3-5-13(9-12)26-2)17(23)11-6-7-14(18)15(8-11)21(24)25/h3-9H,10H2,1-2H3,(H,19,22). The highest BCUT2D eigenvalue weighted by Crippen LogP contribution is 2.25. The lowest BCUT2D eigenvalue weighted by molar-refractivity contribution is -0.384. The second kappa shape index (κ2) is 8.30. The Morgan fingerprint density at radius 3 is 2.65 bits per heavy atom. The molecule has 0 bridgehead atoms. The van der Waals surface area contributed by atoms with Gasteiger partial charge in [0, 0.05) is 30.4 Å². The van der Waals surface area contributed by atoms with Crippen molar-refractivity contribution < 1.29 is 19.2 Å². The number of carbonyl (C=O) groups excluding carboxylic acids is 2. The van der Waals surface area contributed by atoms with E-state index in [2.05, 4.69) is 5.32 Å². The number of hydrogen-bond acceptors (Lipinski definition) is 5. The average Bonchev–Trinajstić information content (AvgIpc) is 2.61. The van der Waals surface area contributed by atoms with Crippen molar-refractivity contribution in [2.75, 3.05) is 26.0 Å². The van der Waals surface area contributed by atoms with Gasteiger partial charge in [-0.15, -0.1) is 0 Å². The lowest BCUT2D eigenvalue weighted by Crippen LogP contribution is -2.34. The first kappa shape index (κ1) is 19.2. The number of hydrogen-bond donors (Lipinski definition) is 1. The smallest absolute Gasteiger partial charge is 0.288 e. The maximum Gasteiger partial charge on any atom is 0.288 e. The van der Waals surface area contributed by atoms with E-state index in [4.69, 9.17) is 16.3 Å². The third-order valence-corrected chi connectivity index (χ3v) is 3.79. The highest BCUT2D eigenvalue weighted by atomic mass is 35.5. The van der Waals surface area contributed by atoms with Gasteiger partial charge >= 0.3 is 0 Å². The van der Waals surface area contributed by atoms with Crippen LogP contribution in [-0.4, -0.2) is 42.3 Å². The molecule has 0 radical (unpaired) electrons. The topological polar surface area (TPSA) is 102 Å². The minimum atomic E-state index is -0.672. The summed E-state index contributed by atoms with van der Waals surface area (Å²) in [6.45, 7) is -0.230. The summed E-state index contributed by atoms with van der Waals surface area (Å²) < 4.78 is 5.07. The Bertz CT molecular complexity index is 856. The monoisotopic (exact) mass is 377 g/mol. The van der Waals surface area contributed by atoms with Crippen LogP contribution in [0, 0.1) is 10.1 Å². The first-order valence-corrected chi connectivity index (χ1v) is 7.83. The Labute approximate surface area is 154 Å². The maximum absolute atomic E-state index is 12.4. The fraction of sp³-hybridized carbons (Fsp3) is 0.176. The first-order chi connectivity index (χ1) is 12.3. The van der Waals surface area contributed by atoms with E-state index in [9.17, 15) is 19.7 Å². The molecule has 136 valence electrons. The summed E-state index contributed by atoms with van der Waals surface area (Å²) in [4.78, 5) is 35.9. The fourth-order valence-corrected chi connectivity index (χ4v) is 2.38. The Balaban J connectivity index is 2.05. The molecule has 0 aliphatic carbocycles. The number of ether oxygens (including phenoxy) is 1. The second-order valence-corrected chi connectivity index (χ2v) is 5.77. The largest absolute Gasteiger partial charge is 0.497 e. The van der Waals surface area contributed by atoms with Crippen LogP contribution in [0.2, 0.25) is 5.02 Å². The Morgan fingerprint density at radius 1 is 1.27 bits per heavy atom. The van der Waals surface area contributed by atoms with Gasteiger partial charge in [-0.25, -0.2) is 0 Å². The van der Waals surface area contributed by atoms with Gasteiger partial charge in [0.2, 0.25) is 5.91 Å². The van der Waals surface area contributed by atoms with Gasteiger partial charge < -0.3 is 15.0 Å². The molecule has 2 aromatic rings. The molecule has 2 rings (SSSR count). The molecular weight excluding hydrogens is 362 g/mol. The minimum Gasteiger partial charge on any atom is -0.497 e. The normalized spacial score (nSPS) is 10.1. The summed E-state index contributed by atoms with van der Waals surface area (Å²) in [5, 5.41) is 13.5. The number of carbonyl (C=O) groups is 2. The molecule has 2 aromatic carbocycles. The molecular formula is C17H16ClN3O5. The van der Waals surface area contributed by atoms with Crippen molar-refractivity contribution in [2.24, 2.45) is 0 Å². The van der Waals surface area contributed by atoms with Crippen LogP contribution >= 0.6 is 11.6 Å². The first-order valence-electron chi connectivity index (χ1n) is 7.45. The summed E-state index contributed by atoms with van der Waals surface area (Å²) in [6.07, 6.45) is 0. The van der Waals surface area contributed by atoms with Crippen LogP contribution in [0.25, 0.3) is 0 Å². The Hall–Kier alpha value is -3.13. The van der Waals surface area contributed by atoms with Crippen molar-refractivity contribution in [1.29, 1.82) is 0 Å². The van der Waals surface area contributed by atoms with Crippen LogP contribution < -0.4 is 10.1 Å². The van der Waals surface area contributed by atoms with E-state index in [1.54, 1.807) is 24.3 Å². The predicted octanol–water partition coefficient (Wildman–Crippen LogP) is 2.97. The zero-order chi connectivity index (χ0) is 19.3. The van der Waals surface area contributed by atoms with Crippen molar-refractivity contribution in [1.82, 2.24) is 4.90 Å². The van der Waals surface area contributed by atoms with Gasteiger partial charge in [-0.1, -0.05) is 17.7 Å². The van der Waals surface area contributed by atoms with Crippen LogP contribution in [0.3, 0.4) is 0 Å². The van der Waals surface area contributed by atoms with Gasteiger partial charge in [-0.05, 0) is 24.3 Å². The molecule has 26 heavy (non-hydrogen) atoms. The van der Waals surface area contributed by atoms with E-state index in [-0.39, 0.29) is 22.8 Å². The molecule has 0 aliphatic rings. The van der Waals surface area contributed by atoms with E-state index in [1.807, 2.05) is 0 Å². The van der Waals surface area contributed by atoms with Gasteiger partial charge in [0.25, 0.3) is 11.6 Å². The zero-order valence-corrected chi connectivity index (χ0v) is 14.8. The highest BCUT2D eigenvalue weighted by molar-refractivity contribution is 6.32. The number of nitrogens with one attached hydrogen (secondary N) is 1. The number of rotatable bonds is 6. The van der Waals surface area contributed by atoms with E-state index in [0.717, 1.165) is 11.0 Å². The Morgan fingerprint density at radius 2 is 2.00 bits per heavy atom. The number of anilines is 1. The molecule has 0 saturated carbocycles. The molecule has 0 unspecified atom stereocenters. The molecule has 0 spiro atoms. The number of methoxy groups -OCH3 is 1. The quantitative estimate of drug-likeness (QED) is 0.616. The van der Waals surface area contributed by atoms with E-state index < -0.39 is 16.7 Å². The predicted molar refractivity (Wildman–Crippen MR) is 96.7 cm³/mol. The van der Waals surface area contributed by atoms with Gasteiger partial charge in [0.15, 0.2) is 0 Å². The lowest BCUT2D eigenvalue weighted by atomic mass is 10.2. The third kappa shape index (κ3) is 4.70. The summed E-state index contributed by atoms with van der Waals surface area (Å²) in [7, 11) is 2.94. The molecule has 0 heterocycles. The molecule has 0 atom stereocenters. The third-order valence-electron chi connectivity index (χ3n) is 3.47. The number of halogens is 1. The average molecular weight is 378 g/mol. The summed E-state index contributed by atoms with van der Waals surface area (Å²) in [5.74, 6) is -0.371. The zero-order valence-electron chi connectivity index (χ0n) is 14.1. The van der Waals surface area contributed by atoms with Crippen molar-refractivity contribution in [3.8, 4) is 5.75 Å². The van der Waals surface area contributed by atoms with Crippen molar-refractivity contribution in [3.63, 3.8) is 0 Å². The number of nitro benzene ring substituents is 1. The van der Waals surface area contributed by atoms with E-state index in [0.29, 0.717) is 11.4 Å². The van der Waals surface area contributed by atoms with Gasteiger partial charge in [-0.2, -0.15) is 0 Å². The van der Waals surface area contributed by atoms with Crippen molar-refractivity contribution in [3.05, 3.63) is 63.2 Å². The lowest BCUT2D eigenvalue weighted by Gasteiger charge is -2.17. The number of benzene rings is 2. The van der Waals surface area contributed by atoms with Crippen LogP contribution in [0.1, 0.15) is 10.4 Å². The molecule has 0 fully saturated rings. The van der Waals surface area contributed by atoms with E-state index in [1.165, 1.54) is 26.3 Å². The number of nitrogens with zero attached hydrogens (tertiary/aromatic N) is 2. The minimum absolute atomic E-state index is 0.0648. The van der Waals surface area contributed by atoms with Crippen LogP contribution in [-0.2, 0) is 4.79 Å². The number of nitro groups is 1. The fourth-order valence-electron chi connectivity index (χ4n) is 2.19. The van der Waals surface area contributed by atoms with Gasteiger partial charge in [0.05, 0.1) is 18.6 Å². The summed E-state index contributed by atoms with van der Waals surface area (Å²) >= 11 is 5.73. The van der Waals surface area contributed by atoms with Crippen LogP contribution in [0.15, 0.2) is 42.5 Å². The van der Waals surface area contributed by atoms with Crippen molar-refractivity contribution >= 4 is 34.8 Å². The second-order valence-electron chi connectivity index (χ2n) is 5.36. The summed E-state index contributed by atoms with van der Waals surface area (Å²) in [6, 6.07) is 10.5. The summed E-state index contributed by atoms with van der Waals surface area (Å²) in [5.41, 5.74) is 0.224. The molecule has 0 aromatic heterocycles. The Kier molecular flexibility index (Phi) is 6.13. The van der Waals surface area contributed by atoms with Crippen LogP contribution in [0.4, 0.5) is 11.4 Å². The SMILES string of the molecule is COc1cccc(NC(=O)CN(C)C(=O)c2ccc(Cl)c([N+](=O)[O-])c2)c1. The number of amides is 2. The van der Waals surface area contributed by atoms with Gasteiger partial charge in [-0.3, -0.25) is 19.7 Å². The molecule has 1 N–H and O–H groups in total.